The van der Waals surface area contributed by atoms with Gasteiger partial charge in [-0.25, -0.2) is 0 Å². The maximum atomic E-state index is 11.1. The maximum absolute atomic E-state index is 11.1. The molecule has 0 aromatic heterocycles. The molecule has 0 aliphatic heterocycles. The monoisotopic (exact) mass is 175 g/mol. The average molecular weight is 175 g/mol. The van der Waals surface area contributed by atoms with Crippen molar-refractivity contribution in [1.29, 1.82) is 0 Å². The number of rotatable bonds is 3. The van der Waals surface area contributed by atoms with E-state index in [1.54, 1.807) is 4.97 Å². The quantitative estimate of drug-likeness (QED) is 0.595. The standard InChI is InChI=1S/C6H5O.C2H3.Mn/c7-5-6-3-1-2-4-6;1-2;/h1-3H,4H2;1H,2H2;. The van der Waals surface area contributed by atoms with E-state index in [1.807, 2.05) is 18.2 Å². The van der Waals surface area contributed by atoms with Crippen LogP contribution in [0.2, 0.25) is 0 Å². The van der Waals surface area contributed by atoms with E-state index in [0.717, 1.165) is 12.0 Å². The van der Waals surface area contributed by atoms with Crippen LogP contribution in [0.5, 0.6) is 0 Å². The van der Waals surface area contributed by atoms with Crippen molar-refractivity contribution in [2.45, 2.75) is 6.42 Å². The fraction of sp³-hybridized carbons (Fsp3) is 0.125. The van der Waals surface area contributed by atoms with Gasteiger partial charge < -0.3 is 0 Å². The van der Waals surface area contributed by atoms with Gasteiger partial charge >= 0.3 is 66.2 Å². The van der Waals surface area contributed by atoms with Crippen molar-refractivity contribution in [3.63, 3.8) is 0 Å². The van der Waals surface area contributed by atoms with Crippen LogP contribution in [0.15, 0.2) is 35.4 Å². The zero-order chi connectivity index (χ0) is 7.40. The number of carbonyl (C=O) groups excluding carboxylic acids is 1. The topological polar surface area (TPSA) is 17.1 Å². The Balaban J connectivity index is 2.50. The Morgan fingerprint density at radius 2 is 2.60 bits per heavy atom. The molecular weight excluding hydrogens is 167 g/mol. The summed E-state index contributed by atoms with van der Waals surface area (Å²) in [6, 6.07) is 0. The van der Waals surface area contributed by atoms with Crippen molar-refractivity contribution >= 4 is 4.68 Å². The molecule has 53 valence electrons. The van der Waals surface area contributed by atoms with E-state index in [9.17, 15) is 4.79 Å². The molecule has 0 heterocycles. The van der Waals surface area contributed by atoms with Gasteiger partial charge in [-0.2, -0.15) is 0 Å². The second-order valence-electron chi connectivity index (χ2n) is 1.86. The van der Waals surface area contributed by atoms with Crippen molar-refractivity contribution in [3.8, 4) is 0 Å². The van der Waals surface area contributed by atoms with Gasteiger partial charge in [0.1, 0.15) is 0 Å². The molecule has 0 spiro atoms. The van der Waals surface area contributed by atoms with E-state index >= 15 is 0 Å². The Morgan fingerprint density at radius 1 is 1.80 bits per heavy atom. The molecule has 0 saturated heterocycles. The zero-order valence-electron chi connectivity index (χ0n) is 5.51. The first-order chi connectivity index (χ1) is 4.84. The van der Waals surface area contributed by atoms with Gasteiger partial charge in [-0.05, 0) is 0 Å². The predicted octanol–water partition coefficient (Wildman–Crippen LogP) is 1.63. The predicted molar refractivity (Wildman–Crippen MR) is 37.0 cm³/mol. The molecule has 1 nitrogen and oxygen atoms in total. The summed E-state index contributed by atoms with van der Waals surface area (Å²) in [6.07, 6.45) is 6.59. The fourth-order valence-corrected chi connectivity index (χ4v) is 1.39. The van der Waals surface area contributed by atoms with Crippen LogP contribution in [0.25, 0.3) is 0 Å². The summed E-state index contributed by atoms with van der Waals surface area (Å²) in [5.41, 5.74) is 0.917. The number of allylic oxidation sites excluding steroid dienone is 4. The van der Waals surface area contributed by atoms with Crippen LogP contribution in [-0.2, 0) is 19.8 Å². The SMILES string of the molecule is C=[CH][Mn][C](=O)C1=CC=CC1. The van der Waals surface area contributed by atoms with Gasteiger partial charge in [-0.15, -0.1) is 0 Å². The molecule has 1 rings (SSSR count). The molecule has 2 heteroatoms. The van der Waals surface area contributed by atoms with Crippen LogP contribution in [0.3, 0.4) is 0 Å². The number of carbonyl (C=O) groups is 1. The van der Waals surface area contributed by atoms with Crippen LogP contribution in [0.1, 0.15) is 6.42 Å². The van der Waals surface area contributed by atoms with Gasteiger partial charge in [0.2, 0.25) is 0 Å². The molecule has 0 aromatic carbocycles. The molecule has 0 aromatic rings. The second-order valence-corrected chi connectivity index (χ2v) is 3.22. The summed E-state index contributed by atoms with van der Waals surface area (Å²) in [5.74, 6) is 0. The molecule has 0 radical (unpaired) electrons. The molecular formula is C8H8MnO. The number of hydrogen-bond acceptors (Lipinski definition) is 1. The number of hydrogen-bond donors (Lipinski definition) is 0. The van der Waals surface area contributed by atoms with Crippen LogP contribution >= 0.6 is 0 Å². The van der Waals surface area contributed by atoms with E-state index in [1.165, 1.54) is 0 Å². The van der Waals surface area contributed by atoms with Crippen molar-refractivity contribution < 1.29 is 19.8 Å². The summed E-state index contributed by atoms with van der Waals surface area (Å²) in [6.45, 7) is 3.52. The summed E-state index contributed by atoms with van der Waals surface area (Å²) >= 11 is 0.211. The minimum absolute atomic E-state index is 0.211. The first kappa shape index (κ1) is 7.52. The first-order valence-electron chi connectivity index (χ1n) is 2.99. The Kier molecular flexibility index (Phi) is 2.67. The van der Waals surface area contributed by atoms with Gasteiger partial charge in [0.15, 0.2) is 0 Å². The third-order valence-corrected chi connectivity index (χ3v) is 2.13. The second kappa shape index (κ2) is 3.55. The van der Waals surface area contributed by atoms with Gasteiger partial charge in [-0.1, -0.05) is 0 Å². The van der Waals surface area contributed by atoms with E-state index in [0.29, 0.717) is 0 Å². The first-order valence-corrected chi connectivity index (χ1v) is 4.26. The molecule has 0 N–H and O–H groups in total. The van der Waals surface area contributed by atoms with Crippen molar-refractivity contribution in [3.05, 3.63) is 35.4 Å². The fourth-order valence-electron chi connectivity index (χ4n) is 0.733. The van der Waals surface area contributed by atoms with Gasteiger partial charge in [0.05, 0.1) is 0 Å². The van der Waals surface area contributed by atoms with E-state index < -0.39 is 0 Å². The zero-order valence-corrected chi connectivity index (χ0v) is 6.69. The molecule has 0 bridgehead atoms. The minimum atomic E-state index is 0.211. The Labute approximate surface area is 66.7 Å². The third kappa shape index (κ3) is 1.69. The van der Waals surface area contributed by atoms with E-state index in [2.05, 4.69) is 6.58 Å². The van der Waals surface area contributed by atoms with Crippen LogP contribution in [0.4, 0.5) is 0 Å². The van der Waals surface area contributed by atoms with Gasteiger partial charge in [0.25, 0.3) is 0 Å². The third-order valence-electron chi connectivity index (χ3n) is 1.20. The molecule has 0 fully saturated rings. The Bertz CT molecular complexity index is 213. The summed E-state index contributed by atoms with van der Waals surface area (Å²) in [7, 11) is 0. The molecule has 0 saturated carbocycles. The van der Waals surface area contributed by atoms with Crippen LogP contribution in [0, 0.1) is 0 Å². The summed E-state index contributed by atoms with van der Waals surface area (Å²) in [5, 5.41) is 0. The molecule has 1 aliphatic carbocycles. The molecule has 0 atom stereocenters. The van der Waals surface area contributed by atoms with Gasteiger partial charge in [-0.3, -0.25) is 0 Å². The molecule has 0 amide bonds. The van der Waals surface area contributed by atoms with Crippen LogP contribution in [-0.4, -0.2) is 4.68 Å². The van der Waals surface area contributed by atoms with Crippen molar-refractivity contribution in [2.24, 2.45) is 0 Å². The summed E-state index contributed by atoms with van der Waals surface area (Å²) < 4.78 is 0.226. The van der Waals surface area contributed by atoms with Crippen LogP contribution < -0.4 is 0 Å². The molecule has 10 heavy (non-hydrogen) atoms. The van der Waals surface area contributed by atoms with Gasteiger partial charge in [0, 0.05) is 0 Å². The Hall–Kier alpha value is -0.591. The normalized spacial score (nSPS) is 15.0. The molecule has 1 aliphatic rings. The van der Waals surface area contributed by atoms with Crippen molar-refractivity contribution in [1.82, 2.24) is 0 Å². The molecule has 0 unspecified atom stereocenters. The van der Waals surface area contributed by atoms with Crippen molar-refractivity contribution in [2.75, 3.05) is 0 Å². The van der Waals surface area contributed by atoms with E-state index in [-0.39, 0.29) is 19.6 Å². The van der Waals surface area contributed by atoms with E-state index in [4.69, 9.17) is 0 Å². The average Bonchev–Trinajstić information content (AvgIpc) is 2.38. The Morgan fingerprint density at radius 3 is 3.10 bits per heavy atom. The summed E-state index contributed by atoms with van der Waals surface area (Å²) in [4.78, 5) is 12.8.